The molecule has 0 unspecified atom stereocenters. The number of anilines is 1. The van der Waals surface area contributed by atoms with Gasteiger partial charge in [0, 0.05) is 7.05 Å². The quantitative estimate of drug-likeness (QED) is 0.681. The van der Waals surface area contributed by atoms with Crippen LogP contribution in [0.3, 0.4) is 0 Å². The largest absolute Gasteiger partial charge is 0.294 e. The van der Waals surface area contributed by atoms with Gasteiger partial charge in [0.1, 0.15) is 0 Å². The Morgan fingerprint density at radius 2 is 2.23 bits per heavy atom. The molecule has 3 nitrogen and oxygen atoms in total. The molecule has 0 aliphatic heterocycles. The molecular weight excluding hydrogens is 184 g/mol. The van der Waals surface area contributed by atoms with Crippen molar-refractivity contribution in [2.45, 2.75) is 0 Å². The fraction of sp³-hybridized carbons (Fsp3) is 0.111. The van der Waals surface area contributed by atoms with E-state index >= 15 is 0 Å². The Labute approximate surface area is 79.6 Å². The number of hydrogen-bond donors (Lipinski definition) is 0. The van der Waals surface area contributed by atoms with E-state index in [0.717, 1.165) is 21.8 Å². The molecule has 0 aliphatic carbocycles. The fourth-order valence-electron chi connectivity index (χ4n) is 1.06. The first kappa shape index (κ1) is 8.19. The number of hydrogen-bond acceptors (Lipinski definition) is 3. The summed E-state index contributed by atoms with van der Waals surface area (Å²) in [5.74, 6) is 0. The minimum absolute atomic E-state index is 0.733. The summed E-state index contributed by atoms with van der Waals surface area (Å²) in [6.07, 6.45) is 0.762. The maximum atomic E-state index is 10.5. The first-order valence-electron chi connectivity index (χ1n) is 3.85. The van der Waals surface area contributed by atoms with Crippen molar-refractivity contribution in [3.05, 3.63) is 24.3 Å². The molecule has 0 N–H and O–H groups in total. The van der Waals surface area contributed by atoms with Gasteiger partial charge in [-0.15, -0.1) is 0 Å². The van der Waals surface area contributed by atoms with Gasteiger partial charge in [-0.1, -0.05) is 23.5 Å². The van der Waals surface area contributed by atoms with E-state index in [1.165, 1.54) is 16.2 Å². The van der Waals surface area contributed by atoms with Crippen molar-refractivity contribution in [3.8, 4) is 0 Å². The number of para-hydroxylation sites is 1. The van der Waals surface area contributed by atoms with E-state index in [2.05, 4.69) is 4.98 Å². The van der Waals surface area contributed by atoms with E-state index in [1.54, 1.807) is 7.05 Å². The number of fused-ring (bicyclic) bond motifs is 1. The number of benzene rings is 1. The van der Waals surface area contributed by atoms with Gasteiger partial charge in [-0.2, -0.15) is 0 Å². The lowest BCUT2D eigenvalue weighted by Crippen LogP contribution is -2.12. The van der Waals surface area contributed by atoms with Crippen LogP contribution in [0.25, 0.3) is 10.2 Å². The van der Waals surface area contributed by atoms with Crippen molar-refractivity contribution < 1.29 is 4.79 Å². The molecule has 2 aromatic rings. The molecule has 1 amide bonds. The lowest BCUT2D eigenvalue weighted by Gasteiger charge is -2.02. The van der Waals surface area contributed by atoms with E-state index < -0.39 is 0 Å². The molecule has 2 rings (SSSR count). The van der Waals surface area contributed by atoms with Gasteiger partial charge >= 0.3 is 0 Å². The van der Waals surface area contributed by atoms with Crippen LogP contribution in [0.5, 0.6) is 0 Å². The summed E-state index contributed by atoms with van der Waals surface area (Å²) in [6, 6.07) is 7.83. The predicted octanol–water partition coefficient (Wildman–Crippen LogP) is 1.89. The molecule has 1 aromatic heterocycles. The summed E-state index contributed by atoms with van der Waals surface area (Å²) >= 11 is 1.51. The van der Waals surface area contributed by atoms with Crippen molar-refractivity contribution in [2.24, 2.45) is 0 Å². The third-order valence-electron chi connectivity index (χ3n) is 1.74. The summed E-state index contributed by atoms with van der Waals surface area (Å²) in [4.78, 5) is 16.2. The highest BCUT2D eigenvalue weighted by Crippen LogP contribution is 2.26. The number of carbonyl (C=O) groups excluding carboxylic acids is 1. The summed E-state index contributed by atoms with van der Waals surface area (Å²) in [5, 5.41) is 0.733. The van der Waals surface area contributed by atoms with E-state index in [-0.39, 0.29) is 0 Å². The molecule has 4 heteroatoms. The Morgan fingerprint density at radius 3 is 2.92 bits per heavy atom. The summed E-state index contributed by atoms with van der Waals surface area (Å²) in [7, 11) is 1.70. The molecule has 1 heterocycles. The lowest BCUT2D eigenvalue weighted by molar-refractivity contribution is -0.107. The van der Waals surface area contributed by atoms with Gasteiger partial charge in [0.15, 0.2) is 5.13 Å². The zero-order valence-corrected chi connectivity index (χ0v) is 7.91. The van der Waals surface area contributed by atoms with Gasteiger partial charge in [-0.05, 0) is 12.1 Å². The SMILES string of the molecule is CN(C=O)c1nc2ccccc2s1. The second-order valence-electron chi connectivity index (χ2n) is 2.68. The topological polar surface area (TPSA) is 33.2 Å². The van der Waals surface area contributed by atoms with Crippen LogP contribution in [0.1, 0.15) is 0 Å². The highest BCUT2D eigenvalue weighted by molar-refractivity contribution is 7.22. The van der Waals surface area contributed by atoms with Crippen LogP contribution in [0.4, 0.5) is 5.13 Å². The minimum atomic E-state index is 0.733. The number of amides is 1. The Hall–Kier alpha value is -1.42. The van der Waals surface area contributed by atoms with Crippen LogP contribution < -0.4 is 4.90 Å². The number of carbonyl (C=O) groups is 1. The molecule has 0 saturated heterocycles. The van der Waals surface area contributed by atoms with Crippen molar-refractivity contribution in [1.82, 2.24) is 4.98 Å². The maximum absolute atomic E-state index is 10.5. The first-order valence-corrected chi connectivity index (χ1v) is 4.66. The maximum Gasteiger partial charge on any atom is 0.215 e. The minimum Gasteiger partial charge on any atom is -0.294 e. The van der Waals surface area contributed by atoms with Gasteiger partial charge in [-0.25, -0.2) is 4.98 Å². The predicted molar refractivity (Wildman–Crippen MR) is 54.1 cm³/mol. The van der Waals surface area contributed by atoms with Crippen LogP contribution >= 0.6 is 11.3 Å². The average Bonchev–Trinajstić information content (AvgIpc) is 2.59. The highest BCUT2D eigenvalue weighted by Gasteiger charge is 2.05. The number of aromatic nitrogens is 1. The second kappa shape index (κ2) is 3.14. The zero-order chi connectivity index (χ0) is 9.26. The zero-order valence-electron chi connectivity index (χ0n) is 7.10. The molecule has 0 bridgehead atoms. The average molecular weight is 192 g/mol. The Kier molecular flexibility index (Phi) is 1.98. The summed E-state index contributed by atoms with van der Waals surface area (Å²) in [6.45, 7) is 0. The van der Waals surface area contributed by atoms with Gasteiger partial charge in [0.2, 0.25) is 6.41 Å². The fourth-order valence-corrected chi connectivity index (χ4v) is 1.95. The number of thiazole rings is 1. The van der Waals surface area contributed by atoms with E-state index in [1.807, 2.05) is 24.3 Å². The summed E-state index contributed by atoms with van der Waals surface area (Å²) in [5.41, 5.74) is 0.941. The molecule has 0 spiro atoms. The van der Waals surface area contributed by atoms with Crippen molar-refractivity contribution in [3.63, 3.8) is 0 Å². The van der Waals surface area contributed by atoms with Gasteiger partial charge in [0.05, 0.1) is 10.2 Å². The molecule has 0 radical (unpaired) electrons. The molecule has 66 valence electrons. The number of nitrogens with zero attached hydrogens (tertiary/aromatic N) is 2. The molecular formula is C9H8N2OS. The van der Waals surface area contributed by atoms with Crippen LogP contribution in [-0.2, 0) is 4.79 Å². The van der Waals surface area contributed by atoms with Crippen molar-refractivity contribution in [2.75, 3.05) is 11.9 Å². The molecule has 0 saturated carbocycles. The summed E-state index contributed by atoms with van der Waals surface area (Å²) < 4.78 is 1.10. The van der Waals surface area contributed by atoms with E-state index in [0.29, 0.717) is 0 Å². The van der Waals surface area contributed by atoms with Crippen molar-refractivity contribution >= 4 is 33.1 Å². The Bertz CT molecular complexity index is 405. The standard InChI is InChI=1S/C9H8N2OS/c1-11(6-12)9-10-7-4-2-3-5-8(7)13-9/h2-6H,1H3. The molecule has 0 atom stereocenters. The number of rotatable bonds is 2. The van der Waals surface area contributed by atoms with E-state index in [9.17, 15) is 4.79 Å². The normalized spacial score (nSPS) is 10.2. The van der Waals surface area contributed by atoms with E-state index in [4.69, 9.17) is 0 Å². The van der Waals surface area contributed by atoms with Crippen molar-refractivity contribution in [1.29, 1.82) is 0 Å². The molecule has 0 aliphatic rings. The van der Waals surface area contributed by atoms with Gasteiger partial charge in [0.25, 0.3) is 0 Å². The molecule has 0 fully saturated rings. The highest BCUT2D eigenvalue weighted by atomic mass is 32.1. The third-order valence-corrected chi connectivity index (χ3v) is 2.87. The monoisotopic (exact) mass is 192 g/mol. The lowest BCUT2D eigenvalue weighted by atomic mass is 10.3. The van der Waals surface area contributed by atoms with Gasteiger partial charge in [-0.3, -0.25) is 9.69 Å². The first-order chi connectivity index (χ1) is 6.31. The Morgan fingerprint density at radius 1 is 1.46 bits per heavy atom. The van der Waals surface area contributed by atoms with Crippen LogP contribution in [0, 0.1) is 0 Å². The Balaban J connectivity index is 2.55. The van der Waals surface area contributed by atoms with Crippen LogP contribution in [0.2, 0.25) is 0 Å². The molecule has 13 heavy (non-hydrogen) atoms. The van der Waals surface area contributed by atoms with Crippen LogP contribution in [0.15, 0.2) is 24.3 Å². The third kappa shape index (κ3) is 1.40. The second-order valence-corrected chi connectivity index (χ2v) is 3.69. The smallest absolute Gasteiger partial charge is 0.215 e. The van der Waals surface area contributed by atoms with Crippen LogP contribution in [-0.4, -0.2) is 18.4 Å². The van der Waals surface area contributed by atoms with Gasteiger partial charge < -0.3 is 0 Å². The molecule has 1 aromatic carbocycles.